The van der Waals surface area contributed by atoms with E-state index in [1.54, 1.807) is 0 Å². The standard InChI is InChI=1S/C17H17ClN2O2/c18-9-4-5-12-11(8-9)10-6-7-19-17(16(10)20-12)15-13(21)2-1-3-14(15)22/h4-5,8,17,19-21H,1-3,6-7H2/t17-/m1/s1. The van der Waals surface area contributed by atoms with Crippen LogP contribution in [0.1, 0.15) is 36.6 Å². The predicted octanol–water partition coefficient (Wildman–Crippen LogP) is 3.57. The lowest BCUT2D eigenvalue weighted by Crippen LogP contribution is -2.34. The molecule has 0 spiro atoms. The Morgan fingerprint density at radius 1 is 1.23 bits per heavy atom. The number of H-pyrrole nitrogens is 1. The van der Waals surface area contributed by atoms with E-state index in [-0.39, 0.29) is 17.6 Å². The number of rotatable bonds is 1. The molecule has 1 aliphatic carbocycles. The molecule has 5 heteroatoms. The van der Waals surface area contributed by atoms with Gasteiger partial charge in [-0.1, -0.05) is 11.6 Å². The van der Waals surface area contributed by atoms with E-state index in [2.05, 4.69) is 10.3 Å². The van der Waals surface area contributed by atoms with Crippen molar-refractivity contribution >= 4 is 28.3 Å². The molecule has 0 saturated heterocycles. The number of carbonyl (C=O) groups is 1. The second-order valence-corrected chi connectivity index (χ2v) is 6.42. The minimum Gasteiger partial charge on any atom is -0.512 e. The number of halogens is 1. The van der Waals surface area contributed by atoms with Crippen molar-refractivity contribution in [1.29, 1.82) is 0 Å². The molecule has 4 nitrogen and oxygen atoms in total. The van der Waals surface area contributed by atoms with Crippen molar-refractivity contribution in [1.82, 2.24) is 10.3 Å². The summed E-state index contributed by atoms with van der Waals surface area (Å²) in [6, 6.07) is 5.54. The summed E-state index contributed by atoms with van der Waals surface area (Å²) < 4.78 is 0. The molecule has 0 unspecified atom stereocenters. The molecule has 1 aromatic heterocycles. The normalized spacial score (nSPS) is 22.2. The van der Waals surface area contributed by atoms with Crippen LogP contribution in [0.5, 0.6) is 0 Å². The smallest absolute Gasteiger partial charge is 0.164 e. The Morgan fingerprint density at radius 2 is 2.09 bits per heavy atom. The van der Waals surface area contributed by atoms with Gasteiger partial charge in [0.1, 0.15) is 5.76 Å². The van der Waals surface area contributed by atoms with E-state index in [4.69, 9.17) is 11.6 Å². The molecule has 2 aliphatic rings. The number of ketones is 1. The zero-order chi connectivity index (χ0) is 15.3. The monoisotopic (exact) mass is 316 g/mol. The molecule has 0 saturated carbocycles. The van der Waals surface area contributed by atoms with Gasteiger partial charge in [0.2, 0.25) is 0 Å². The number of Topliss-reactive ketones (excluding diaryl/α,β-unsaturated/α-hetero) is 1. The first-order valence-corrected chi connectivity index (χ1v) is 8.01. The van der Waals surface area contributed by atoms with Crippen molar-refractivity contribution in [2.45, 2.75) is 31.7 Å². The molecule has 0 fully saturated rings. The highest BCUT2D eigenvalue weighted by Crippen LogP contribution is 2.37. The minimum atomic E-state index is -0.247. The number of allylic oxidation sites excluding steroid dienone is 1. The molecule has 2 heterocycles. The van der Waals surface area contributed by atoms with Crippen LogP contribution in [0.2, 0.25) is 5.02 Å². The highest BCUT2D eigenvalue weighted by atomic mass is 35.5. The van der Waals surface area contributed by atoms with Gasteiger partial charge in [0.25, 0.3) is 0 Å². The van der Waals surface area contributed by atoms with Crippen molar-refractivity contribution in [3.05, 3.63) is 45.8 Å². The topological polar surface area (TPSA) is 65.1 Å². The van der Waals surface area contributed by atoms with E-state index < -0.39 is 0 Å². The lowest BCUT2D eigenvalue weighted by atomic mass is 9.86. The van der Waals surface area contributed by atoms with E-state index >= 15 is 0 Å². The first-order chi connectivity index (χ1) is 10.6. The van der Waals surface area contributed by atoms with Crippen LogP contribution in [-0.4, -0.2) is 22.4 Å². The van der Waals surface area contributed by atoms with Crippen molar-refractivity contribution in [3.8, 4) is 0 Å². The van der Waals surface area contributed by atoms with Crippen molar-refractivity contribution < 1.29 is 9.90 Å². The molecular formula is C17H17ClN2O2. The largest absolute Gasteiger partial charge is 0.512 e. The van der Waals surface area contributed by atoms with E-state index in [0.717, 1.165) is 36.0 Å². The van der Waals surface area contributed by atoms with Gasteiger partial charge in [-0.3, -0.25) is 4.79 Å². The lowest BCUT2D eigenvalue weighted by Gasteiger charge is -2.28. The third-order valence-electron chi connectivity index (χ3n) is 4.63. The van der Waals surface area contributed by atoms with Gasteiger partial charge in [0, 0.05) is 41.0 Å². The lowest BCUT2D eigenvalue weighted by molar-refractivity contribution is -0.116. The second-order valence-electron chi connectivity index (χ2n) is 5.98. The third-order valence-corrected chi connectivity index (χ3v) is 4.87. The fourth-order valence-electron chi connectivity index (χ4n) is 3.62. The number of fused-ring (bicyclic) bond motifs is 3. The average molecular weight is 317 g/mol. The number of aromatic amines is 1. The summed E-state index contributed by atoms with van der Waals surface area (Å²) >= 11 is 6.12. The Morgan fingerprint density at radius 3 is 2.91 bits per heavy atom. The van der Waals surface area contributed by atoms with Gasteiger partial charge < -0.3 is 15.4 Å². The van der Waals surface area contributed by atoms with Crippen LogP contribution in [0.3, 0.4) is 0 Å². The van der Waals surface area contributed by atoms with Gasteiger partial charge in [0.15, 0.2) is 5.78 Å². The van der Waals surface area contributed by atoms with Gasteiger partial charge in [-0.2, -0.15) is 0 Å². The summed E-state index contributed by atoms with van der Waals surface area (Å²) in [4.78, 5) is 15.7. The van der Waals surface area contributed by atoms with E-state index in [0.29, 0.717) is 23.4 Å². The molecule has 1 aliphatic heterocycles. The van der Waals surface area contributed by atoms with Crippen LogP contribution in [0.25, 0.3) is 10.9 Å². The van der Waals surface area contributed by atoms with E-state index in [1.165, 1.54) is 5.56 Å². The number of aliphatic hydroxyl groups excluding tert-OH is 1. The van der Waals surface area contributed by atoms with Crippen molar-refractivity contribution in [2.24, 2.45) is 0 Å². The van der Waals surface area contributed by atoms with Gasteiger partial charge in [-0.05, 0) is 36.6 Å². The molecule has 0 radical (unpaired) electrons. The number of hydrogen-bond acceptors (Lipinski definition) is 3. The molecule has 22 heavy (non-hydrogen) atoms. The summed E-state index contributed by atoms with van der Waals surface area (Å²) in [5.74, 6) is 0.282. The minimum absolute atomic E-state index is 0.0470. The van der Waals surface area contributed by atoms with Crippen molar-refractivity contribution in [2.75, 3.05) is 6.54 Å². The summed E-state index contributed by atoms with van der Waals surface area (Å²) in [5, 5.41) is 15.4. The molecular weight excluding hydrogens is 300 g/mol. The first kappa shape index (κ1) is 13.9. The quantitative estimate of drug-likeness (QED) is 0.753. The Balaban J connectivity index is 1.89. The zero-order valence-corrected chi connectivity index (χ0v) is 12.8. The Kier molecular flexibility index (Phi) is 3.24. The molecule has 0 amide bonds. The zero-order valence-electron chi connectivity index (χ0n) is 12.1. The summed E-state index contributed by atoms with van der Waals surface area (Å²) in [7, 11) is 0. The van der Waals surface area contributed by atoms with Gasteiger partial charge in [-0.25, -0.2) is 0 Å². The number of nitrogens with one attached hydrogen (secondary N) is 2. The average Bonchev–Trinajstić information content (AvgIpc) is 2.86. The molecule has 2 aromatic rings. The predicted molar refractivity (Wildman–Crippen MR) is 86.3 cm³/mol. The molecule has 4 rings (SSSR count). The second kappa shape index (κ2) is 5.14. The fraction of sp³-hybridized carbons (Fsp3) is 0.353. The Bertz CT molecular complexity index is 806. The number of benzene rings is 1. The Labute approximate surface area is 133 Å². The Hall–Kier alpha value is -1.78. The van der Waals surface area contributed by atoms with Crippen LogP contribution in [0.4, 0.5) is 0 Å². The molecule has 0 bridgehead atoms. The fourth-order valence-corrected chi connectivity index (χ4v) is 3.79. The van der Waals surface area contributed by atoms with Crippen LogP contribution in [0, 0.1) is 0 Å². The highest BCUT2D eigenvalue weighted by Gasteiger charge is 2.33. The molecule has 114 valence electrons. The molecule has 1 atom stereocenters. The number of aromatic nitrogens is 1. The van der Waals surface area contributed by atoms with Crippen molar-refractivity contribution in [3.63, 3.8) is 0 Å². The van der Waals surface area contributed by atoms with Gasteiger partial charge in [0.05, 0.1) is 11.6 Å². The van der Waals surface area contributed by atoms with Crippen LogP contribution >= 0.6 is 11.6 Å². The number of aliphatic hydroxyl groups is 1. The first-order valence-electron chi connectivity index (χ1n) is 7.63. The number of carbonyl (C=O) groups excluding carboxylic acids is 1. The summed E-state index contributed by atoms with van der Waals surface area (Å²) in [6.07, 6.45) is 2.71. The molecule has 1 aromatic carbocycles. The maximum Gasteiger partial charge on any atom is 0.164 e. The maximum atomic E-state index is 12.3. The van der Waals surface area contributed by atoms with Crippen LogP contribution in [0.15, 0.2) is 29.5 Å². The summed E-state index contributed by atoms with van der Waals surface area (Å²) in [5.41, 5.74) is 3.73. The van der Waals surface area contributed by atoms with Gasteiger partial charge >= 0.3 is 0 Å². The number of hydrogen-bond donors (Lipinski definition) is 3. The van der Waals surface area contributed by atoms with Crippen LogP contribution < -0.4 is 5.32 Å². The van der Waals surface area contributed by atoms with E-state index in [9.17, 15) is 9.90 Å². The summed E-state index contributed by atoms with van der Waals surface area (Å²) in [6.45, 7) is 0.779. The maximum absolute atomic E-state index is 12.3. The highest BCUT2D eigenvalue weighted by molar-refractivity contribution is 6.31. The van der Waals surface area contributed by atoms with Crippen LogP contribution in [-0.2, 0) is 11.2 Å². The molecule has 3 N–H and O–H groups in total. The SMILES string of the molecule is O=C1CCCC(O)=C1[C@H]1NCCc2c1[nH]c1ccc(Cl)cc21. The van der Waals surface area contributed by atoms with Gasteiger partial charge in [-0.15, -0.1) is 0 Å². The van der Waals surface area contributed by atoms with E-state index in [1.807, 2.05) is 18.2 Å². The third kappa shape index (κ3) is 2.06.